The van der Waals surface area contributed by atoms with Crippen LogP contribution in [0.3, 0.4) is 0 Å². The van der Waals surface area contributed by atoms with Gasteiger partial charge in [-0.25, -0.2) is 0 Å². The topological polar surface area (TPSA) is 86.7 Å². The SMILES string of the molecule is O=C(CCC(=O)c1ccccc1)OCc1cccc(COC(=O)CCC(=O)c2ccccc2)c1. The van der Waals surface area contributed by atoms with Gasteiger partial charge in [0.25, 0.3) is 0 Å². The first-order chi connectivity index (χ1) is 16.5. The highest BCUT2D eigenvalue weighted by molar-refractivity contribution is 5.98. The molecule has 0 spiro atoms. The Morgan fingerprint density at radius 2 is 0.912 bits per heavy atom. The maximum absolute atomic E-state index is 12.1. The van der Waals surface area contributed by atoms with Crippen LogP contribution in [0.5, 0.6) is 0 Å². The molecule has 0 N–H and O–H groups in total. The molecule has 0 heterocycles. The number of hydrogen-bond acceptors (Lipinski definition) is 6. The van der Waals surface area contributed by atoms with Gasteiger partial charge in [-0.15, -0.1) is 0 Å². The molecule has 0 unspecified atom stereocenters. The van der Waals surface area contributed by atoms with Crippen molar-refractivity contribution in [1.82, 2.24) is 0 Å². The van der Waals surface area contributed by atoms with Crippen molar-refractivity contribution in [1.29, 1.82) is 0 Å². The molecule has 0 aliphatic heterocycles. The van der Waals surface area contributed by atoms with Crippen LogP contribution in [0.1, 0.15) is 57.5 Å². The van der Waals surface area contributed by atoms with Gasteiger partial charge in [0.05, 0.1) is 12.8 Å². The van der Waals surface area contributed by atoms with E-state index in [0.717, 1.165) is 11.1 Å². The molecule has 0 aliphatic rings. The number of ketones is 2. The summed E-state index contributed by atoms with van der Waals surface area (Å²) in [5.74, 6) is -1.12. The van der Waals surface area contributed by atoms with Crippen LogP contribution in [-0.4, -0.2) is 23.5 Å². The van der Waals surface area contributed by atoms with Gasteiger partial charge in [0.1, 0.15) is 13.2 Å². The van der Waals surface area contributed by atoms with Crippen molar-refractivity contribution in [2.75, 3.05) is 0 Å². The lowest BCUT2D eigenvalue weighted by atomic mass is 10.1. The molecule has 34 heavy (non-hydrogen) atoms. The van der Waals surface area contributed by atoms with Crippen LogP contribution < -0.4 is 0 Å². The van der Waals surface area contributed by atoms with Gasteiger partial charge in [0.2, 0.25) is 0 Å². The Balaban J connectivity index is 1.37. The molecule has 6 nitrogen and oxygen atoms in total. The third-order valence-electron chi connectivity index (χ3n) is 5.09. The molecule has 0 bridgehead atoms. The smallest absolute Gasteiger partial charge is 0.306 e. The Morgan fingerprint density at radius 3 is 1.32 bits per heavy atom. The number of benzene rings is 3. The molecule has 174 valence electrons. The highest BCUT2D eigenvalue weighted by atomic mass is 16.5. The number of carbonyl (C=O) groups excluding carboxylic acids is 4. The number of esters is 2. The Bertz CT molecular complexity index is 1040. The summed E-state index contributed by atoms with van der Waals surface area (Å²) < 4.78 is 10.5. The molecule has 0 saturated heterocycles. The first-order valence-corrected chi connectivity index (χ1v) is 11.1. The van der Waals surface area contributed by atoms with E-state index in [1.54, 1.807) is 72.8 Å². The van der Waals surface area contributed by atoms with Crippen molar-refractivity contribution in [3.8, 4) is 0 Å². The highest BCUT2D eigenvalue weighted by Gasteiger charge is 2.12. The molecule has 6 heteroatoms. The van der Waals surface area contributed by atoms with E-state index in [1.165, 1.54) is 0 Å². The van der Waals surface area contributed by atoms with Gasteiger partial charge in [-0.3, -0.25) is 19.2 Å². The monoisotopic (exact) mass is 458 g/mol. The lowest BCUT2D eigenvalue weighted by Crippen LogP contribution is -2.09. The molecule has 0 saturated carbocycles. The van der Waals surface area contributed by atoms with Crippen molar-refractivity contribution in [3.05, 3.63) is 107 Å². The van der Waals surface area contributed by atoms with Crippen LogP contribution in [0.15, 0.2) is 84.9 Å². The standard InChI is InChI=1S/C28H26O6/c29-25(23-10-3-1-4-11-23)14-16-27(31)33-19-21-8-7-9-22(18-21)20-34-28(32)17-15-26(30)24-12-5-2-6-13-24/h1-13,18H,14-17,19-20H2. The van der Waals surface area contributed by atoms with Crippen LogP contribution >= 0.6 is 0 Å². The predicted octanol–water partition coefficient (Wildman–Crippen LogP) is 5.10. The van der Waals surface area contributed by atoms with E-state index in [4.69, 9.17) is 9.47 Å². The van der Waals surface area contributed by atoms with Crippen molar-refractivity contribution in [2.45, 2.75) is 38.9 Å². The van der Waals surface area contributed by atoms with Gasteiger partial charge in [-0.05, 0) is 17.2 Å². The average molecular weight is 459 g/mol. The highest BCUT2D eigenvalue weighted by Crippen LogP contribution is 2.12. The summed E-state index contributed by atoms with van der Waals surface area (Å²) in [4.78, 5) is 48.2. The molecular weight excluding hydrogens is 432 g/mol. The van der Waals surface area contributed by atoms with Crippen molar-refractivity contribution in [3.63, 3.8) is 0 Å². The minimum absolute atomic E-state index is 0.00668. The number of Topliss-reactive ketones (excluding diaryl/α,β-unsaturated/α-hetero) is 2. The van der Waals surface area contributed by atoms with Crippen molar-refractivity contribution < 1.29 is 28.7 Å². The lowest BCUT2D eigenvalue weighted by Gasteiger charge is -2.08. The average Bonchev–Trinajstić information content (AvgIpc) is 2.89. The summed E-state index contributed by atoms with van der Waals surface area (Å²) in [7, 11) is 0. The molecule has 0 aromatic heterocycles. The zero-order valence-electron chi connectivity index (χ0n) is 18.8. The number of carbonyl (C=O) groups is 4. The molecular formula is C28H26O6. The normalized spacial score (nSPS) is 10.4. The molecule has 0 atom stereocenters. The molecule has 3 aromatic carbocycles. The van der Waals surface area contributed by atoms with Crippen LogP contribution in [0.2, 0.25) is 0 Å². The van der Waals surface area contributed by atoms with Gasteiger partial charge in [-0.2, -0.15) is 0 Å². The van der Waals surface area contributed by atoms with E-state index in [2.05, 4.69) is 0 Å². The van der Waals surface area contributed by atoms with Crippen LogP contribution in [0, 0.1) is 0 Å². The summed E-state index contributed by atoms with van der Waals surface area (Å²) in [5.41, 5.74) is 2.63. The van der Waals surface area contributed by atoms with Crippen LogP contribution in [0.25, 0.3) is 0 Å². The van der Waals surface area contributed by atoms with E-state index in [0.29, 0.717) is 11.1 Å². The second-order valence-corrected chi connectivity index (χ2v) is 7.72. The predicted molar refractivity (Wildman–Crippen MR) is 126 cm³/mol. The zero-order valence-corrected chi connectivity index (χ0v) is 18.8. The van der Waals surface area contributed by atoms with Gasteiger partial charge in [0, 0.05) is 24.0 Å². The lowest BCUT2D eigenvalue weighted by molar-refractivity contribution is -0.145. The summed E-state index contributed by atoms with van der Waals surface area (Å²) in [6, 6.07) is 24.8. The van der Waals surface area contributed by atoms with Gasteiger partial charge in [-0.1, -0.05) is 78.9 Å². The molecule has 3 aromatic rings. The Hall–Kier alpha value is -4.06. The largest absolute Gasteiger partial charge is 0.461 e. The Kier molecular flexibility index (Phi) is 9.29. The second-order valence-electron chi connectivity index (χ2n) is 7.72. The van der Waals surface area contributed by atoms with E-state index in [-0.39, 0.29) is 50.5 Å². The number of hydrogen-bond donors (Lipinski definition) is 0. The maximum atomic E-state index is 12.1. The quantitative estimate of drug-likeness (QED) is 0.277. The molecule has 0 amide bonds. The first-order valence-electron chi connectivity index (χ1n) is 11.1. The summed E-state index contributed by atoms with van der Waals surface area (Å²) >= 11 is 0. The van der Waals surface area contributed by atoms with E-state index in [1.807, 2.05) is 12.1 Å². The fourth-order valence-corrected chi connectivity index (χ4v) is 3.25. The van der Waals surface area contributed by atoms with Crippen LogP contribution in [-0.2, 0) is 32.3 Å². The number of rotatable bonds is 12. The fraction of sp³-hybridized carbons (Fsp3) is 0.214. The van der Waals surface area contributed by atoms with E-state index >= 15 is 0 Å². The van der Waals surface area contributed by atoms with Crippen molar-refractivity contribution in [2.24, 2.45) is 0 Å². The van der Waals surface area contributed by atoms with Gasteiger partial charge >= 0.3 is 11.9 Å². The molecule has 3 rings (SSSR count). The molecule has 0 aliphatic carbocycles. The van der Waals surface area contributed by atoms with E-state index in [9.17, 15) is 19.2 Å². The molecule has 0 fully saturated rings. The van der Waals surface area contributed by atoms with Crippen molar-refractivity contribution >= 4 is 23.5 Å². The zero-order chi connectivity index (χ0) is 24.2. The fourth-order valence-electron chi connectivity index (χ4n) is 3.25. The summed E-state index contributed by atoms with van der Waals surface area (Å²) in [6.07, 6.45) is 0.191. The van der Waals surface area contributed by atoms with Gasteiger partial charge in [0.15, 0.2) is 11.6 Å². The Labute approximate surface area is 198 Å². The third kappa shape index (κ3) is 8.13. The minimum Gasteiger partial charge on any atom is -0.461 e. The van der Waals surface area contributed by atoms with E-state index < -0.39 is 11.9 Å². The minimum atomic E-state index is -0.454. The second kappa shape index (κ2) is 12.8. The van der Waals surface area contributed by atoms with Gasteiger partial charge < -0.3 is 9.47 Å². The third-order valence-corrected chi connectivity index (χ3v) is 5.09. The summed E-state index contributed by atoms with van der Waals surface area (Å²) in [6.45, 7) is 0.122. The molecule has 0 radical (unpaired) electrons. The number of ether oxygens (including phenoxy) is 2. The Morgan fingerprint density at radius 1 is 0.500 bits per heavy atom. The first kappa shape index (κ1) is 24.6. The summed E-state index contributed by atoms with van der Waals surface area (Å²) in [5, 5.41) is 0. The van der Waals surface area contributed by atoms with Crippen LogP contribution in [0.4, 0.5) is 0 Å². The maximum Gasteiger partial charge on any atom is 0.306 e.